The van der Waals surface area contributed by atoms with Gasteiger partial charge in [-0.3, -0.25) is 5.32 Å². The highest BCUT2D eigenvalue weighted by Crippen LogP contribution is 2.26. The van der Waals surface area contributed by atoms with Crippen molar-refractivity contribution in [2.75, 3.05) is 5.32 Å². The average molecular weight is 408 g/mol. The van der Waals surface area contributed by atoms with Crippen molar-refractivity contribution in [3.63, 3.8) is 0 Å². The number of nitrogens with one attached hydrogen (secondary N) is 1. The lowest BCUT2D eigenvalue weighted by molar-refractivity contribution is -0.274. The molecule has 29 heavy (non-hydrogen) atoms. The summed E-state index contributed by atoms with van der Waals surface area (Å²) in [6.45, 7) is 8.00. The van der Waals surface area contributed by atoms with E-state index in [-0.39, 0.29) is 29.1 Å². The smallest absolute Gasteiger partial charge is 0.406 e. The predicted molar refractivity (Wildman–Crippen MR) is 99.1 cm³/mol. The molecule has 0 saturated heterocycles. The number of halogens is 3. The molecule has 154 valence electrons. The number of rotatable bonds is 4. The van der Waals surface area contributed by atoms with E-state index in [1.54, 1.807) is 0 Å². The number of alkyl halides is 3. The summed E-state index contributed by atoms with van der Waals surface area (Å²) in [6, 6.07) is 6.82. The van der Waals surface area contributed by atoms with Crippen LogP contribution in [0.2, 0.25) is 0 Å². The van der Waals surface area contributed by atoms with Crippen molar-refractivity contribution in [1.82, 2.24) is 20.1 Å². The molecule has 0 amide bonds. The molecule has 8 nitrogen and oxygen atoms in total. The van der Waals surface area contributed by atoms with Crippen LogP contribution in [0.1, 0.15) is 33.4 Å². The van der Waals surface area contributed by atoms with Gasteiger partial charge in [0, 0.05) is 5.56 Å². The predicted octanol–water partition coefficient (Wildman–Crippen LogP) is 5.09. The van der Waals surface area contributed by atoms with E-state index in [1.165, 1.54) is 24.5 Å². The van der Waals surface area contributed by atoms with Gasteiger partial charge < -0.3 is 9.26 Å². The Bertz CT molecular complexity index is 903. The van der Waals surface area contributed by atoms with Gasteiger partial charge in [0.05, 0.1) is 12.4 Å². The van der Waals surface area contributed by atoms with E-state index in [9.17, 15) is 13.2 Å². The van der Waals surface area contributed by atoms with E-state index in [4.69, 9.17) is 9.78 Å². The summed E-state index contributed by atoms with van der Waals surface area (Å²) in [5.41, 5.74) is 0.579. The van der Waals surface area contributed by atoms with Crippen LogP contribution in [0.5, 0.6) is 5.75 Å². The molecule has 0 spiro atoms. The Labute approximate surface area is 165 Å². The minimum atomic E-state index is -4.76. The maximum absolute atomic E-state index is 12.1. The van der Waals surface area contributed by atoms with E-state index >= 15 is 0 Å². The summed E-state index contributed by atoms with van der Waals surface area (Å²) in [5.74, 6) is 0.0803. The fourth-order valence-corrected chi connectivity index (χ4v) is 1.76. The number of ether oxygens (including phenoxy) is 1. The highest BCUT2D eigenvalue weighted by atomic mass is 19.4. The van der Waals surface area contributed by atoms with Gasteiger partial charge in [-0.05, 0) is 24.3 Å². The molecule has 2 aromatic heterocycles. The minimum absolute atomic E-state index is 0.00428. The molecular weight excluding hydrogens is 389 g/mol. The zero-order valence-electron chi connectivity index (χ0n) is 16.2. The first-order chi connectivity index (χ1) is 13.9. The van der Waals surface area contributed by atoms with Crippen LogP contribution in [-0.2, 0) is 0 Å². The Morgan fingerprint density at radius 2 is 1.69 bits per heavy atom. The van der Waals surface area contributed by atoms with E-state index < -0.39 is 6.36 Å². The molecule has 0 atom stereocenters. The Hall–Kier alpha value is -3.68. The largest absolute Gasteiger partial charge is 0.573 e. The van der Waals surface area contributed by atoms with Crippen LogP contribution in [0.3, 0.4) is 0 Å². The van der Waals surface area contributed by atoms with Crippen molar-refractivity contribution in [2.45, 2.75) is 34.1 Å². The minimum Gasteiger partial charge on any atom is -0.406 e. The summed E-state index contributed by atoms with van der Waals surface area (Å²) >= 11 is 0. The van der Waals surface area contributed by atoms with Gasteiger partial charge in [0.25, 0.3) is 0 Å². The van der Waals surface area contributed by atoms with E-state index in [0.29, 0.717) is 5.56 Å². The van der Waals surface area contributed by atoms with Crippen molar-refractivity contribution >= 4 is 11.8 Å². The van der Waals surface area contributed by atoms with Gasteiger partial charge in [0.15, 0.2) is 11.5 Å². The van der Waals surface area contributed by atoms with E-state index in [1.807, 2.05) is 33.8 Å². The Morgan fingerprint density at radius 3 is 2.21 bits per heavy atom. The summed E-state index contributed by atoms with van der Waals surface area (Å²) in [4.78, 5) is 11.8. The van der Waals surface area contributed by atoms with Gasteiger partial charge in [0.2, 0.25) is 5.82 Å². The lowest BCUT2D eigenvalue weighted by atomic mass is 10.2. The Balaban J connectivity index is 0.000000989. The molecule has 0 aliphatic heterocycles. The lowest BCUT2D eigenvalue weighted by Crippen LogP contribution is -2.16. The topological polar surface area (TPSA) is 110 Å². The molecule has 0 aliphatic rings. The maximum Gasteiger partial charge on any atom is 0.573 e. The summed E-state index contributed by atoms with van der Waals surface area (Å²) < 4.78 is 45.1. The van der Waals surface area contributed by atoms with Crippen LogP contribution in [-0.4, -0.2) is 26.5 Å². The van der Waals surface area contributed by atoms with Crippen LogP contribution in [0.4, 0.5) is 25.0 Å². The van der Waals surface area contributed by atoms with Gasteiger partial charge >= 0.3 is 12.4 Å². The molecule has 3 rings (SSSR count). The molecule has 2 heterocycles. The van der Waals surface area contributed by atoms with Crippen LogP contribution in [0, 0.1) is 11.3 Å². The zero-order valence-corrected chi connectivity index (χ0v) is 16.2. The molecule has 0 unspecified atom stereocenters. The molecule has 3 aromatic rings. The second-order valence-electron chi connectivity index (χ2n) is 4.52. The molecule has 0 fully saturated rings. The van der Waals surface area contributed by atoms with Crippen LogP contribution in [0.25, 0.3) is 11.4 Å². The summed E-state index contributed by atoms with van der Waals surface area (Å²) in [7, 11) is 0. The van der Waals surface area contributed by atoms with E-state index in [0.717, 1.165) is 12.1 Å². The van der Waals surface area contributed by atoms with Gasteiger partial charge in [-0.25, -0.2) is 9.97 Å². The highest BCUT2D eigenvalue weighted by Gasteiger charge is 2.31. The van der Waals surface area contributed by atoms with Crippen LogP contribution in [0.15, 0.2) is 41.2 Å². The molecule has 1 N–H and O–H groups in total. The van der Waals surface area contributed by atoms with Gasteiger partial charge in [-0.1, -0.05) is 32.9 Å². The van der Waals surface area contributed by atoms with Gasteiger partial charge in [0.1, 0.15) is 11.8 Å². The van der Waals surface area contributed by atoms with Crippen molar-refractivity contribution in [1.29, 1.82) is 5.26 Å². The first-order valence-electron chi connectivity index (χ1n) is 8.62. The standard InChI is InChI=1S/C14H7F3N6O2.2C2H6/c15-14(16,17)24-10-3-1-8(2-4-10)12-22-13(25-23-12)21-11-7-19-9(5-18)6-20-11;2*1-2/h1-4,6-7H,(H,20,21,22,23);2*1-2H3. The number of nitrogens with zero attached hydrogens (tertiary/aromatic N) is 5. The second kappa shape index (κ2) is 11.2. The number of hydrogen-bond acceptors (Lipinski definition) is 8. The molecule has 0 radical (unpaired) electrons. The zero-order chi connectivity index (χ0) is 21.9. The highest BCUT2D eigenvalue weighted by molar-refractivity contribution is 5.57. The first kappa shape index (κ1) is 23.4. The van der Waals surface area contributed by atoms with Crippen molar-refractivity contribution < 1.29 is 22.4 Å². The lowest BCUT2D eigenvalue weighted by Gasteiger charge is -2.08. The van der Waals surface area contributed by atoms with E-state index in [2.05, 4.69) is 30.2 Å². The monoisotopic (exact) mass is 408 g/mol. The van der Waals surface area contributed by atoms with Crippen LogP contribution >= 0.6 is 0 Å². The molecular formula is C18H19F3N6O2. The number of anilines is 2. The van der Waals surface area contributed by atoms with Gasteiger partial charge in [-0.15, -0.1) is 13.2 Å². The van der Waals surface area contributed by atoms with Gasteiger partial charge in [-0.2, -0.15) is 10.2 Å². The SMILES string of the molecule is CC.CC.N#Cc1cnc(Nc2nc(-c3ccc(OC(F)(F)F)cc3)no2)cn1. The summed E-state index contributed by atoms with van der Waals surface area (Å²) in [5, 5.41) is 15.0. The number of aromatic nitrogens is 4. The third-order valence-corrected chi connectivity index (χ3v) is 2.77. The van der Waals surface area contributed by atoms with Crippen molar-refractivity contribution in [3.05, 3.63) is 42.4 Å². The molecule has 1 aromatic carbocycles. The third kappa shape index (κ3) is 7.45. The normalized spacial score (nSPS) is 9.86. The molecule has 0 aliphatic carbocycles. The number of benzene rings is 1. The maximum atomic E-state index is 12.1. The third-order valence-electron chi connectivity index (χ3n) is 2.77. The van der Waals surface area contributed by atoms with Crippen molar-refractivity contribution in [2.24, 2.45) is 0 Å². The molecule has 0 bridgehead atoms. The summed E-state index contributed by atoms with van der Waals surface area (Å²) in [6.07, 6.45) is -2.18. The second-order valence-corrected chi connectivity index (χ2v) is 4.52. The quantitative estimate of drug-likeness (QED) is 0.635. The van der Waals surface area contributed by atoms with Crippen molar-refractivity contribution in [3.8, 4) is 23.2 Å². The Morgan fingerprint density at radius 1 is 1.03 bits per heavy atom. The first-order valence-corrected chi connectivity index (χ1v) is 8.62. The Kier molecular flexibility index (Phi) is 9.04. The average Bonchev–Trinajstić information content (AvgIpc) is 3.19. The fraction of sp³-hybridized carbons (Fsp3) is 0.278. The molecule has 0 saturated carbocycles. The fourth-order valence-electron chi connectivity index (χ4n) is 1.76. The molecule has 11 heteroatoms. The number of nitriles is 1. The van der Waals surface area contributed by atoms with Crippen LogP contribution < -0.4 is 10.1 Å². The number of hydrogen-bond donors (Lipinski definition) is 1.